The zero-order chi connectivity index (χ0) is 25.2. The van der Waals surface area contributed by atoms with E-state index in [2.05, 4.69) is 4.98 Å². The lowest BCUT2D eigenvalue weighted by molar-refractivity contribution is -0.118. The van der Waals surface area contributed by atoms with E-state index in [0.717, 1.165) is 33.9 Å². The molecule has 3 aromatic carbocycles. The number of aromatic nitrogens is 1. The maximum Gasteiger partial charge on any atom is 0.226 e. The first-order chi connectivity index (χ1) is 17.3. The second-order valence-corrected chi connectivity index (χ2v) is 9.27. The molecule has 36 heavy (non-hydrogen) atoms. The van der Waals surface area contributed by atoms with Gasteiger partial charge < -0.3 is 4.42 Å². The number of hydrogen-bond donors (Lipinski definition) is 0. The van der Waals surface area contributed by atoms with Crippen LogP contribution in [0, 0.1) is 24.4 Å². The number of fused-ring (bicyclic) bond motifs is 1. The summed E-state index contributed by atoms with van der Waals surface area (Å²) < 4.78 is 47.5. The molecule has 1 heterocycles. The average Bonchev–Trinajstić information content (AvgIpc) is 3.46. The molecule has 0 saturated carbocycles. The molecule has 3 nitrogen and oxygen atoms in total. The van der Waals surface area contributed by atoms with Crippen molar-refractivity contribution in [3.8, 4) is 11.5 Å². The van der Waals surface area contributed by atoms with Crippen LogP contribution in [-0.4, -0.2) is 10.8 Å². The molecule has 182 valence electrons. The van der Waals surface area contributed by atoms with E-state index in [-0.39, 0.29) is 30.9 Å². The first kappa shape index (κ1) is 23.8. The largest absolute Gasteiger partial charge is 0.441 e. The minimum absolute atomic E-state index is 0.0754. The molecule has 0 saturated heterocycles. The van der Waals surface area contributed by atoms with Crippen molar-refractivity contribution in [2.45, 2.75) is 38.5 Å². The van der Waals surface area contributed by atoms with Crippen LogP contribution in [-0.2, 0) is 17.6 Å². The predicted octanol–water partition coefficient (Wildman–Crippen LogP) is 7.38. The minimum Gasteiger partial charge on any atom is -0.441 e. The van der Waals surface area contributed by atoms with E-state index in [1.165, 1.54) is 24.3 Å². The Morgan fingerprint density at radius 2 is 1.72 bits per heavy atom. The van der Waals surface area contributed by atoms with Gasteiger partial charge in [0.2, 0.25) is 5.89 Å². The van der Waals surface area contributed by atoms with Gasteiger partial charge in [0.15, 0.2) is 0 Å². The molecule has 1 aliphatic rings. The van der Waals surface area contributed by atoms with Gasteiger partial charge in [0.1, 0.15) is 29.0 Å². The number of carbonyl (C=O) groups excluding carboxylic acids is 1. The summed E-state index contributed by atoms with van der Waals surface area (Å²) in [4.78, 5) is 17.6. The number of halogens is 3. The maximum absolute atomic E-state index is 13.9. The van der Waals surface area contributed by atoms with Crippen molar-refractivity contribution < 1.29 is 22.4 Å². The molecule has 1 aliphatic carbocycles. The number of ketones is 1. The Morgan fingerprint density at radius 3 is 2.47 bits per heavy atom. The summed E-state index contributed by atoms with van der Waals surface area (Å²) >= 11 is 0. The summed E-state index contributed by atoms with van der Waals surface area (Å²) in [7, 11) is 0. The number of Topliss-reactive ketones (excluding diaryl/α,β-unsaturated/α-hetero) is 1. The van der Waals surface area contributed by atoms with Crippen LogP contribution < -0.4 is 0 Å². The second kappa shape index (κ2) is 9.97. The molecule has 0 spiro atoms. The third-order valence-electron chi connectivity index (χ3n) is 6.48. The van der Waals surface area contributed by atoms with Crippen LogP contribution in [0.25, 0.3) is 17.0 Å². The predicted molar refractivity (Wildman–Crippen MR) is 132 cm³/mol. The van der Waals surface area contributed by atoms with Crippen LogP contribution in [0.2, 0.25) is 0 Å². The van der Waals surface area contributed by atoms with Crippen molar-refractivity contribution in [1.29, 1.82) is 0 Å². The molecular formula is C30H24F3NO2. The van der Waals surface area contributed by atoms with E-state index in [4.69, 9.17) is 4.42 Å². The molecule has 1 unspecified atom stereocenters. The molecule has 0 fully saturated rings. The Balaban J connectivity index is 1.39. The van der Waals surface area contributed by atoms with Crippen molar-refractivity contribution in [3.05, 3.63) is 118 Å². The number of oxazole rings is 1. The standard InChI is InChI=1S/C30H24F3NO2/c1-18-2-4-21(5-3-18)30-34-17-29(36-30)23(10-19-11-25(32)15-26(33)12-19)14-27(35)13-22-7-6-20-8-9-24(31)16-28(20)22/h2-5,7-9,11-12,15-17,23H,6,10,13-14H2,1H3. The van der Waals surface area contributed by atoms with E-state index >= 15 is 0 Å². The SMILES string of the molecule is Cc1ccc(-c2ncc(C(CC(=O)CC3=CCc4ccc(F)cc43)Cc3cc(F)cc(F)c3)o2)cc1. The van der Waals surface area contributed by atoms with Crippen molar-refractivity contribution in [1.82, 2.24) is 4.98 Å². The van der Waals surface area contributed by atoms with Crippen molar-refractivity contribution in [2.75, 3.05) is 0 Å². The van der Waals surface area contributed by atoms with E-state index < -0.39 is 17.6 Å². The summed E-state index contributed by atoms with van der Waals surface area (Å²) in [6.45, 7) is 1.98. The Hall–Kier alpha value is -3.93. The topological polar surface area (TPSA) is 43.1 Å². The molecule has 0 aliphatic heterocycles. The molecule has 5 rings (SSSR count). The third-order valence-corrected chi connectivity index (χ3v) is 6.48. The van der Waals surface area contributed by atoms with Crippen LogP contribution in [0.1, 0.15) is 46.8 Å². The number of benzene rings is 3. The Morgan fingerprint density at radius 1 is 0.972 bits per heavy atom. The van der Waals surface area contributed by atoms with Crippen molar-refractivity contribution in [3.63, 3.8) is 0 Å². The lowest BCUT2D eigenvalue weighted by Crippen LogP contribution is -2.10. The zero-order valence-electron chi connectivity index (χ0n) is 19.7. The van der Waals surface area contributed by atoms with Gasteiger partial charge in [-0.1, -0.05) is 29.8 Å². The van der Waals surface area contributed by atoms with Gasteiger partial charge in [-0.25, -0.2) is 18.2 Å². The number of aryl methyl sites for hydroxylation is 1. The normalized spacial score (nSPS) is 13.4. The molecular weight excluding hydrogens is 463 g/mol. The fraction of sp³-hybridized carbons (Fsp3) is 0.200. The highest BCUT2D eigenvalue weighted by Crippen LogP contribution is 2.34. The molecule has 0 radical (unpaired) electrons. The zero-order valence-corrected chi connectivity index (χ0v) is 19.7. The summed E-state index contributed by atoms with van der Waals surface area (Å²) in [6, 6.07) is 15.6. The van der Waals surface area contributed by atoms with E-state index in [0.29, 0.717) is 23.6 Å². The Bertz CT molecular complexity index is 1430. The van der Waals surface area contributed by atoms with Crippen LogP contribution in [0.4, 0.5) is 13.2 Å². The number of rotatable bonds is 8. The summed E-state index contributed by atoms with van der Waals surface area (Å²) in [5.41, 5.74) is 4.86. The molecule has 0 amide bonds. The second-order valence-electron chi connectivity index (χ2n) is 9.27. The maximum atomic E-state index is 13.9. The Labute approximate surface area is 207 Å². The third kappa shape index (κ3) is 5.33. The molecule has 4 aromatic rings. The quantitative estimate of drug-likeness (QED) is 0.260. The monoisotopic (exact) mass is 487 g/mol. The molecule has 0 N–H and O–H groups in total. The molecule has 1 atom stereocenters. The number of nitrogens with zero attached hydrogens (tertiary/aromatic N) is 1. The van der Waals surface area contributed by atoms with Crippen LogP contribution in [0.15, 0.2) is 77.4 Å². The number of carbonyl (C=O) groups is 1. The smallest absolute Gasteiger partial charge is 0.226 e. The van der Waals surface area contributed by atoms with E-state index in [9.17, 15) is 18.0 Å². The molecule has 0 bridgehead atoms. The minimum atomic E-state index is -0.678. The fourth-order valence-corrected chi connectivity index (χ4v) is 4.69. The van der Waals surface area contributed by atoms with E-state index in [1.54, 1.807) is 12.3 Å². The highest BCUT2D eigenvalue weighted by atomic mass is 19.1. The van der Waals surface area contributed by atoms with Gasteiger partial charge in [-0.15, -0.1) is 0 Å². The Kier molecular flexibility index (Phi) is 6.59. The van der Waals surface area contributed by atoms with Gasteiger partial charge in [-0.3, -0.25) is 4.79 Å². The van der Waals surface area contributed by atoms with Gasteiger partial charge in [-0.2, -0.15) is 0 Å². The van der Waals surface area contributed by atoms with Gasteiger partial charge in [0, 0.05) is 30.4 Å². The van der Waals surface area contributed by atoms with E-state index in [1.807, 2.05) is 37.3 Å². The first-order valence-electron chi connectivity index (χ1n) is 11.8. The van der Waals surface area contributed by atoms with Gasteiger partial charge in [-0.05, 0) is 78.4 Å². The number of hydrogen-bond acceptors (Lipinski definition) is 3. The molecule has 6 heteroatoms. The van der Waals surface area contributed by atoms with Crippen molar-refractivity contribution >= 4 is 11.4 Å². The van der Waals surface area contributed by atoms with Gasteiger partial charge in [0.05, 0.1) is 6.20 Å². The van der Waals surface area contributed by atoms with Crippen LogP contribution in [0.3, 0.4) is 0 Å². The summed E-state index contributed by atoms with van der Waals surface area (Å²) in [5.74, 6) is -1.37. The van der Waals surface area contributed by atoms with Gasteiger partial charge in [0.25, 0.3) is 0 Å². The van der Waals surface area contributed by atoms with Crippen molar-refractivity contribution in [2.24, 2.45) is 0 Å². The summed E-state index contributed by atoms with van der Waals surface area (Å²) in [6.07, 6.45) is 4.61. The summed E-state index contributed by atoms with van der Waals surface area (Å²) in [5, 5.41) is 0. The molecule has 1 aromatic heterocycles. The highest BCUT2D eigenvalue weighted by Gasteiger charge is 2.24. The average molecular weight is 488 g/mol. The highest BCUT2D eigenvalue weighted by molar-refractivity contribution is 5.92. The van der Waals surface area contributed by atoms with Crippen LogP contribution >= 0.6 is 0 Å². The first-order valence-corrected chi connectivity index (χ1v) is 11.8. The lowest BCUT2D eigenvalue weighted by atomic mass is 9.90. The fourth-order valence-electron chi connectivity index (χ4n) is 4.69. The van der Waals surface area contributed by atoms with Gasteiger partial charge >= 0.3 is 0 Å². The number of allylic oxidation sites excluding steroid dienone is 2. The van der Waals surface area contributed by atoms with Crippen LogP contribution in [0.5, 0.6) is 0 Å². The lowest BCUT2D eigenvalue weighted by Gasteiger charge is -2.15.